The molecule has 0 unspecified atom stereocenters. The molecule has 1 heterocycles. The smallest absolute Gasteiger partial charge is 0.374 e. The van der Waals surface area contributed by atoms with E-state index in [1.807, 2.05) is 0 Å². The molecule has 1 N–H and O–H groups in total. The van der Waals surface area contributed by atoms with Crippen LogP contribution in [0.25, 0.3) is 11.3 Å². The van der Waals surface area contributed by atoms with Crippen molar-refractivity contribution in [1.29, 1.82) is 0 Å². The van der Waals surface area contributed by atoms with Gasteiger partial charge in [0.1, 0.15) is 17.3 Å². The maximum absolute atomic E-state index is 12.2. The fourth-order valence-corrected chi connectivity index (χ4v) is 2.78. The van der Waals surface area contributed by atoms with Crippen LogP contribution in [0, 0.1) is 0 Å². The molecular weight excluding hydrogens is 398 g/mol. The number of carbonyl (C=O) groups excluding carboxylic acids is 2. The van der Waals surface area contributed by atoms with Crippen LogP contribution >= 0.6 is 11.6 Å². The number of esters is 1. The molecule has 7 nitrogen and oxygen atoms in total. The number of ether oxygens (including phenoxy) is 3. The molecular formula is C21H18ClNO6. The van der Waals surface area contributed by atoms with Crippen LogP contribution in [-0.2, 0) is 9.53 Å². The van der Waals surface area contributed by atoms with Crippen LogP contribution in [0.4, 0.5) is 5.69 Å². The lowest BCUT2D eigenvalue weighted by Gasteiger charge is -2.11. The van der Waals surface area contributed by atoms with Crippen molar-refractivity contribution >= 4 is 29.2 Å². The maximum Gasteiger partial charge on any atom is 0.374 e. The molecule has 0 aliphatic heterocycles. The fourth-order valence-electron chi connectivity index (χ4n) is 2.55. The molecule has 8 heteroatoms. The summed E-state index contributed by atoms with van der Waals surface area (Å²) >= 11 is 6.13. The number of benzene rings is 2. The molecule has 150 valence electrons. The number of furan rings is 1. The summed E-state index contributed by atoms with van der Waals surface area (Å²) in [5, 5.41) is 3.11. The van der Waals surface area contributed by atoms with Gasteiger partial charge < -0.3 is 23.9 Å². The van der Waals surface area contributed by atoms with Crippen molar-refractivity contribution in [1.82, 2.24) is 0 Å². The molecule has 3 rings (SSSR count). The Hall–Kier alpha value is -3.45. The molecule has 0 aliphatic rings. The summed E-state index contributed by atoms with van der Waals surface area (Å²) in [6, 6.07) is 15.1. The largest absolute Gasteiger partial charge is 0.497 e. The van der Waals surface area contributed by atoms with Gasteiger partial charge in [-0.2, -0.15) is 0 Å². The Morgan fingerprint density at radius 3 is 2.55 bits per heavy atom. The van der Waals surface area contributed by atoms with E-state index in [0.29, 0.717) is 33.5 Å². The van der Waals surface area contributed by atoms with Crippen molar-refractivity contribution in [3.63, 3.8) is 0 Å². The monoisotopic (exact) mass is 415 g/mol. The highest BCUT2D eigenvalue weighted by Gasteiger charge is 2.17. The normalized spacial score (nSPS) is 10.3. The highest BCUT2D eigenvalue weighted by molar-refractivity contribution is 6.33. The third kappa shape index (κ3) is 4.89. The van der Waals surface area contributed by atoms with E-state index in [-0.39, 0.29) is 5.76 Å². The summed E-state index contributed by atoms with van der Waals surface area (Å²) in [7, 11) is 2.99. The van der Waals surface area contributed by atoms with E-state index < -0.39 is 18.5 Å². The van der Waals surface area contributed by atoms with Crippen molar-refractivity contribution in [3.8, 4) is 22.8 Å². The third-order valence-corrected chi connectivity index (χ3v) is 4.29. The van der Waals surface area contributed by atoms with Crippen LogP contribution in [0.2, 0.25) is 5.02 Å². The van der Waals surface area contributed by atoms with Gasteiger partial charge in [-0.25, -0.2) is 4.79 Å². The van der Waals surface area contributed by atoms with Crippen molar-refractivity contribution in [2.45, 2.75) is 0 Å². The predicted molar refractivity (Wildman–Crippen MR) is 108 cm³/mol. The van der Waals surface area contributed by atoms with Gasteiger partial charge in [0.25, 0.3) is 5.91 Å². The number of amides is 1. The fraction of sp³-hybridized carbons (Fsp3) is 0.143. The van der Waals surface area contributed by atoms with Crippen LogP contribution in [0.3, 0.4) is 0 Å². The lowest BCUT2D eigenvalue weighted by atomic mass is 10.2. The number of rotatable bonds is 7. The number of hydrogen-bond acceptors (Lipinski definition) is 6. The summed E-state index contributed by atoms with van der Waals surface area (Å²) in [5.74, 6) is 0.0697. The Morgan fingerprint density at radius 1 is 1.03 bits per heavy atom. The van der Waals surface area contributed by atoms with Crippen LogP contribution in [0.1, 0.15) is 10.6 Å². The van der Waals surface area contributed by atoms with E-state index in [9.17, 15) is 9.59 Å². The highest BCUT2D eigenvalue weighted by Crippen LogP contribution is 2.30. The average molecular weight is 416 g/mol. The molecule has 0 radical (unpaired) electrons. The van der Waals surface area contributed by atoms with Gasteiger partial charge in [-0.1, -0.05) is 23.7 Å². The lowest BCUT2D eigenvalue weighted by Crippen LogP contribution is -2.21. The minimum Gasteiger partial charge on any atom is -0.497 e. The standard InChI is InChI=1S/C21H18ClNO6/c1-26-13-7-8-18(27-2)16(11-13)23-20(24)12-28-21(25)19-10-9-17(29-19)14-5-3-4-6-15(14)22/h3-11H,12H2,1-2H3,(H,23,24). The average Bonchev–Trinajstić information content (AvgIpc) is 3.22. The Labute approximate surface area is 172 Å². The predicted octanol–water partition coefficient (Wildman–Crippen LogP) is 4.41. The van der Waals surface area contributed by atoms with E-state index in [2.05, 4.69) is 5.32 Å². The number of halogens is 1. The molecule has 0 bridgehead atoms. The second-order valence-corrected chi connectivity index (χ2v) is 6.24. The Balaban J connectivity index is 1.61. The molecule has 1 amide bonds. The molecule has 29 heavy (non-hydrogen) atoms. The van der Waals surface area contributed by atoms with Crippen molar-refractivity contribution in [3.05, 3.63) is 65.4 Å². The van der Waals surface area contributed by atoms with Gasteiger partial charge in [-0.3, -0.25) is 4.79 Å². The second-order valence-electron chi connectivity index (χ2n) is 5.83. The molecule has 0 saturated carbocycles. The van der Waals surface area contributed by atoms with Crippen LogP contribution in [0.15, 0.2) is 59.0 Å². The minimum absolute atomic E-state index is 0.0355. The summed E-state index contributed by atoms with van der Waals surface area (Å²) < 4.78 is 20.8. The summed E-state index contributed by atoms with van der Waals surface area (Å²) in [4.78, 5) is 24.3. The minimum atomic E-state index is -0.768. The molecule has 0 saturated heterocycles. The first-order valence-corrected chi connectivity index (χ1v) is 8.93. The van der Waals surface area contributed by atoms with Gasteiger partial charge in [0.2, 0.25) is 5.76 Å². The number of methoxy groups -OCH3 is 2. The topological polar surface area (TPSA) is 87.0 Å². The van der Waals surface area contributed by atoms with Crippen molar-refractivity contribution < 1.29 is 28.2 Å². The lowest BCUT2D eigenvalue weighted by molar-refractivity contribution is -0.119. The van der Waals surface area contributed by atoms with E-state index >= 15 is 0 Å². The molecule has 1 aromatic heterocycles. The van der Waals surface area contributed by atoms with Gasteiger partial charge in [0.15, 0.2) is 6.61 Å². The number of carbonyl (C=O) groups is 2. The third-order valence-electron chi connectivity index (χ3n) is 3.96. The SMILES string of the molecule is COc1ccc(OC)c(NC(=O)COC(=O)c2ccc(-c3ccccc3Cl)o2)c1. The molecule has 3 aromatic rings. The summed E-state index contributed by atoms with van der Waals surface area (Å²) in [5.41, 5.74) is 1.04. The maximum atomic E-state index is 12.2. The van der Waals surface area contributed by atoms with Gasteiger partial charge in [-0.05, 0) is 36.4 Å². The Morgan fingerprint density at radius 2 is 1.83 bits per heavy atom. The van der Waals surface area contributed by atoms with E-state index in [4.69, 9.17) is 30.2 Å². The first-order valence-electron chi connectivity index (χ1n) is 8.55. The van der Waals surface area contributed by atoms with E-state index in [1.165, 1.54) is 20.3 Å². The summed E-state index contributed by atoms with van der Waals surface area (Å²) in [6.07, 6.45) is 0. The number of anilines is 1. The zero-order valence-corrected chi connectivity index (χ0v) is 16.5. The first kappa shape index (κ1) is 20.3. The zero-order chi connectivity index (χ0) is 20.8. The Kier molecular flexibility index (Phi) is 6.41. The molecule has 2 aromatic carbocycles. The van der Waals surface area contributed by atoms with E-state index in [1.54, 1.807) is 48.5 Å². The van der Waals surface area contributed by atoms with Crippen LogP contribution < -0.4 is 14.8 Å². The van der Waals surface area contributed by atoms with Gasteiger partial charge in [0.05, 0.1) is 24.9 Å². The Bertz CT molecular complexity index is 1030. The summed E-state index contributed by atoms with van der Waals surface area (Å²) in [6.45, 7) is -0.499. The molecule has 0 atom stereocenters. The van der Waals surface area contributed by atoms with E-state index in [0.717, 1.165) is 0 Å². The number of nitrogens with one attached hydrogen (secondary N) is 1. The van der Waals surface area contributed by atoms with Crippen molar-refractivity contribution in [2.75, 3.05) is 26.1 Å². The zero-order valence-electron chi connectivity index (χ0n) is 15.7. The molecule has 0 fully saturated rings. The first-order chi connectivity index (χ1) is 14.0. The van der Waals surface area contributed by atoms with Gasteiger partial charge >= 0.3 is 5.97 Å². The molecule has 0 aliphatic carbocycles. The number of hydrogen-bond donors (Lipinski definition) is 1. The van der Waals surface area contributed by atoms with Gasteiger partial charge in [0, 0.05) is 11.6 Å². The molecule has 0 spiro atoms. The van der Waals surface area contributed by atoms with Gasteiger partial charge in [-0.15, -0.1) is 0 Å². The van der Waals surface area contributed by atoms with Crippen LogP contribution in [-0.4, -0.2) is 32.7 Å². The highest BCUT2D eigenvalue weighted by atomic mass is 35.5. The second kappa shape index (κ2) is 9.16. The van der Waals surface area contributed by atoms with Crippen LogP contribution in [0.5, 0.6) is 11.5 Å². The van der Waals surface area contributed by atoms with Crippen molar-refractivity contribution in [2.24, 2.45) is 0 Å². The quantitative estimate of drug-likeness (QED) is 0.575.